The van der Waals surface area contributed by atoms with Gasteiger partial charge >= 0.3 is 0 Å². The van der Waals surface area contributed by atoms with E-state index in [0.29, 0.717) is 10.7 Å². The Morgan fingerprint density at radius 3 is 2.71 bits per heavy atom. The third-order valence-corrected chi connectivity index (χ3v) is 2.24. The molecule has 1 aromatic carbocycles. The average molecular weight is 208 g/mol. The summed E-state index contributed by atoms with van der Waals surface area (Å²) in [5.74, 6) is 0. The molecular formula is C10H10ClN3. The van der Waals surface area contributed by atoms with Crippen LogP contribution in [-0.4, -0.2) is 9.78 Å². The fraction of sp³-hybridized carbons (Fsp3) is 0.100. The second-order valence-electron chi connectivity index (χ2n) is 3.11. The lowest BCUT2D eigenvalue weighted by molar-refractivity contribution is 0.771. The molecule has 0 amide bonds. The van der Waals surface area contributed by atoms with Crippen LogP contribution in [0.25, 0.3) is 11.3 Å². The second-order valence-corrected chi connectivity index (χ2v) is 3.54. The summed E-state index contributed by atoms with van der Waals surface area (Å²) in [5, 5.41) is 4.91. The summed E-state index contributed by atoms with van der Waals surface area (Å²) in [5.41, 5.74) is 8.25. The molecule has 0 spiro atoms. The summed E-state index contributed by atoms with van der Waals surface area (Å²) in [7, 11) is 1.87. The van der Waals surface area contributed by atoms with E-state index in [1.807, 2.05) is 31.4 Å². The van der Waals surface area contributed by atoms with Gasteiger partial charge in [-0.15, -0.1) is 0 Å². The summed E-state index contributed by atoms with van der Waals surface area (Å²) >= 11 is 5.80. The summed E-state index contributed by atoms with van der Waals surface area (Å²) in [6, 6.07) is 7.33. The van der Waals surface area contributed by atoms with E-state index in [-0.39, 0.29) is 0 Å². The Bertz CT molecular complexity index is 462. The van der Waals surface area contributed by atoms with E-state index in [4.69, 9.17) is 17.3 Å². The number of nitrogen functional groups attached to an aromatic ring is 1. The molecular weight excluding hydrogens is 198 g/mol. The van der Waals surface area contributed by atoms with Crippen molar-refractivity contribution in [3.8, 4) is 11.3 Å². The molecule has 0 aliphatic rings. The number of aryl methyl sites for hydroxylation is 1. The molecule has 0 saturated heterocycles. The minimum Gasteiger partial charge on any atom is -0.398 e. The highest BCUT2D eigenvalue weighted by Crippen LogP contribution is 2.26. The van der Waals surface area contributed by atoms with Gasteiger partial charge in [0.2, 0.25) is 0 Å². The molecule has 14 heavy (non-hydrogen) atoms. The van der Waals surface area contributed by atoms with Crippen LogP contribution < -0.4 is 5.73 Å². The minimum absolute atomic E-state index is 0.641. The Balaban J connectivity index is 2.52. The monoisotopic (exact) mass is 207 g/mol. The van der Waals surface area contributed by atoms with Crippen LogP contribution >= 0.6 is 11.6 Å². The lowest BCUT2D eigenvalue weighted by Gasteiger charge is -2.02. The van der Waals surface area contributed by atoms with Crippen molar-refractivity contribution in [2.75, 3.05) is 5.73 Å². The first-order valence-electron chi connectivity index (χ1n) is 4.22. The zero-order valence-corrected chi connectivity index (χ0v) is 8.49. The van der Waals surface area contributed by atoms with Crippen LogP contribution in [0.3, 0.4) is 0 Å². The summed E-state index contributed by atoms with van der Waals surface area (Å²) in [4.78, 5) is 0. The predicted molar refractivity (Wildman–Crippen MR) is 58.1 cm³/mol. The fourth-order valence-corrected chi connectivity index (χ4v) is 1.51. The lowest BCUT2D eigenvalue weighted by Crippen LogP contribution is -1.92. The topological polar surface area (TPSA) is 43.8 Å². The Hall–Kier alpha value is -1.48. The number of nitrogens with zero attached hydrogens (tertiary/aromatic N) is 2. The number of hydrogen-bond acceptors (Lipinski definition) is 2. The van der Waals surface area contributed by atoms with Crippen LogP contribution in [0.5, 0.6) is 0 Å². The molecule has 1 aromatic heterocycles. The molecule has 4 heteroatoms. The van der Waals surface area contributed by atoms with E-state index in [0.717, 1.165) is 11.3 Å². The maximum atomic E-state index is 5.83. The first-order chi connectivity index (χ1) is 6.66. The first-order valence-corrected chi connectivity index (χ1v) is 4.59. The summed E-state index contributed by atoms with van der Waals surface area (Å²) in [6.45, 7) is 0. The third-order valence-electron chi connectivity index (χ3n) is 2.00. The van der Waals surface area contributed by atoms with Crippen molar-refractivity contribution in [1.29, 1.82) is 0 Å². The third kappa shape index (κ3) is 1.59. The van der Waals surface area contributed by atoms with Gasteiger partial charge < -0.3 is 5.73 Å². The normalized spacial score (nSPS) is 10.4. The summed E-state index contributed by atoms with van der Waals surface area (Å²) < 4.78 is 1.74. The van der Waals surface area contributed by atoms with Crippen molar-refractivity contribution in [3.05, 3.63) is 35.5 Å². The molecule has 0 radical (unpaired) electrons. The molecule has 0 atom stereocenters. The molecule has 0 fully saturated rings. The standard InChI is InChI=1S/C10H10ClN3/c1-14-5-4-10(13-14)8-3-2-7(11)6-9(8)12/h2-6H,12H2,1H3. The van der Waals surface area contributed by atoms with Gasteiger partial charge in [0.15, 0.2) is 0 Å². The van der Waals surface area contributed by atoms with Gasteiger partial charge in [0, 0.05) is 29.5 Å². The van der Waals surface area contributed by atoms with Crippen molar-refractivity contribution in [2.45, 2.75) is 0 Å². The smallest absolute Gasteiger partial charge is 0.0943 e. The van der Waals surface area contributed by atoms with Crippen LogP contribution in [0.15, 0.2) is 30.5 Å². The van der Waals surface area contributed by atoms with Gasteiger partial charge in [-0.2, -0.15) is 5.10 Å². The maximum Gasteiger partial charge on any atom is 0.0943 e. The van der Waals surface area contributed by atoms with E-state index in [9.17, 15) is 0 Å². The van der Waals surface area contributed by atoms with Gasteiger partial charge in [-0.25, -0.2) is 0 Å². The van der Waals surface area contributed by atoms with Crippen molar-refractivity contribution in [1.82, 2.24) is 9.78 Å². The highest BCUT2D eigenvalue weighted by Gasteiger charge is 2.05. The molecule has 0 aliphatic carbocycles. The fourth-order valence-electron chi connectivity index (χ4n) is 1.33. The molecule has 0 saturated carbocycles. The zero-order valence-electron chi connectivity index (χ0n) is 7.74. The molecule has 2 aromatic rings. The number of aromatic nitrogens is 2. The molecule has 2 rings (SSSR count). The molecule has 2 N–H and O–H groups in total. The van der Waals surface area contributed by atoms with E-state index in [1.165, 1.54) is 0 Å². The van der Waals surface area contributed by atoms with Crippen LogP contribution in [0.4, 0.5) is 5.69 Å². The van der Waals surface area contributed by atoms with Crippen LogP contribution in [-0.2, 0) is 7.05 Å². The predicted octanol–water partition coefficient (Wildman–Crippen LogP) is 2.32. The van der Waals surface area contributed by atoms with Crippen molar-refractivity contribution >= 4 is 17.3 Å². The average Bonchev–Trinajstić information content (AvgIpc) is 2.51. The Kier molecular flexibility index (Phi) is 2.17. The molecule has 3 nitrogen and oxygen atoms in total. The Morgan fingerprint density at radius 2 is 2.14 bits per heavy atom. The number of anilines is 1. The highest BCUT2D eigenvalue weighted by atomic mass is 35.5. The molecule has 1 heterocycles. The van der Waals surface area contributed by atoms with E-state index < -0.39 is 0 Å². The largest absolute Gasteiger partial charge is 0.398 e. The SMILES string of the molecule is Cn1ccc(-c2ccc(Cl)cc2N)n1. The number of rotatable bonds is 1. The minimum atomic E-state index is 0.641. The summed E-state index contributed by atoms with van der Waals surface area (Å²) in [6.07, 6.45) is 1.88. The highest BCUT2D eigenvalue weighted by molar-refractivity contribution is 6.31. The van der Waals surface area contributed by atoms with Crippen molar-refractivity contribution < 1.29 is 0 Å². The van der Waals surface area contributed by atoms with E-state index in [2.05, 4.69) is 5.10 Å². The van der Waals surface area contributed by atoms with Crippen LogP contribution in [0.2, 0.25) is 5.02 Å². The van der Waals surface area contributed by atoms with Crippen LogP contribution in [0.1, 0.15) is 0 Å². The van der Waals surface area contributed by atoms with E-state index >= 15 is 0 Å². The Morgan fingerprint density at radius 1 is 1.36 bits per heavy atom. The van der Waals surface area contributed by atoms with Crippen LogP contribution in [0, 0.1) is 0 Å². The van der Waals surface area contributed by atoms with Gasteiger partial charge in [-0.3, -0.25) is 4.68 Å². The second kappa shape index (κ2) is 3.35. The van der Waals surface area contributed by atoms with Gasteiger partial charge in [0.1, 0.15) is 0 Å². The molecule has 0 unspecified atom stereocenters. The van der Waals surface area contributed by atoms with Crippen molar-refractivity contribution in [3.63, 3.8) is 0 Å². The van der Waals surface area contributed by atoms with Gasteiger partial charge in [-0.1, -0.05) is 11.6 Å². The van der Waals surface area contributed by atoms with Gasteiger partial charge in [0.05, 0.1) is 5.69 Å². The number of benzene rings is 1. The number of nitrogens with two attached hydrogens (primary N) is 1. The quantitative estimate of drug-likeness (QED) is 0.730. The first kappa shape index (κ1) is 9.09. The lowest BCUT2D eigenvalue weighted by atomic mass is 10.1. The number of halogens is 1. The van der Waals surface area contributed by atoms with E-state index in [1.54, 1.807) is 10.7 Å². The Labute approximate surface area is 87.1 Å². The molecule has 0 bridgehead atoms. The van der Waals surface area contributed by atoms with Crippen molar-refractivity contribution in [2.24, 2.45) is 7.05 Å². The maximum absolute atomic E-state index is 5.83. The van der Waals surface area contributed by atoms with Gasteiger partial charge in [-0.05, 0) is 24.3 Å². The molecule has 72 valence electrons. The zero-order chi connectivity index (χ0) is 10.1. The number of hydrogen-bond donors (Lipinski definition) is 1. The van der Waals surface area contributed by atoms with Gasteiger partial charge in [0.25, 0.3) is 0 Å². The molecule has 0 aliphatic heterocycles.